The highest BCUT2D eigenvalue weighted by Gasteiger charge is 2.21. The first-order valence-electron chi connectivity index (χ1n) is 13.6. The lowest BCUT2D eigenvalue weighted by Gasteiger charge is -2.15. The number of benzene rings is 4. The first-order valence-corrected chi connectivity index (χ1v) is 13.6. The first kappa shape index (κ1) is 23.6. The van der Waals surface area contributed by atoms with Crippen LogP contribution in [0, 0.1) is 20.8 Å². The summed E-state index contributed by atoms with van der Waals surface area (Å²) in [5.74, 6) is 0. The Morgan fingerprint density at radius 1 is 0.385 bits per heavy atom. The van der Waals surface area contributed by atoms with E-state index in [0.717, 1.165) is 0 Å². The Morgan fingerprint density at radius 2 is 0.641 bits per heavy atom. The van der Waals surface area contributed by atoms with Crippen LogP contribution in [0.2, 0.25) is 0 Å². The summed E-state index contributed by atoms with van der Waals surface area (Å²) < 4.78 is 7.07. The van der Waals surface area contributed by atoms with Gasteiger partial charge < -0.3 is 13.7 Å². The molecule has 39 heavy (non-hydrogen) atoms. The molecule has 4 aromatic carbocycles. The van der Waals surface area contributed by atoms with Crippen LogP contribution in [0.4, 0.5) is 0 Å². The molecule has 3 heterocycles. The van der Waals surface area contributed by atoms with Crippen molar-refractivity contribution in [2.75, 3.05) is 0 Å². The summed E-state index contributed by atoms with van der Waals surface area (Å²) in [6.45, 7) is 6.77. The summed E-state index contributed by atoms with van der Waals surface area (Å²) >= 11 is 0. The number of hydrogen-bond acceptors (Lipinski definition) is 0. The molecular weight excluding hydrogens is 474 g/mol. The van der Waals surface area contributed by atoms with Gasteiger partial charge in [0.15, 0.2) is 0 Å². The second-order valence-corrected chi connectivity index (χ2v) is 10.9. The third-order valence-corrected chi connectivity index (χ3v) is 8.83. The molecule has 7 aromatic rings. The Bertz CT molecular complexity index is 1710. The molecule has 0 amide bonds. The molecule has 0 bridgehead atoms. The van der Waals surface area contributed by atoms with Gasteiger partial charge in [-0.15, -0.1) is 0 Å². The molecule has 0 atom stereocenters. The predicted octanol–water partition coefficient (Wildman–Crippen LogP) is 9.09. The van der Waals surface area contributed by atoms with E-state index >= 15 is 0 Å². The summed E-state index contributed by atoms with van der Waals surface area (Å²) in [5, 5.41) is 3.93. The molecule has 0 radical (unpaired) electrons. The molecule has 0 saturated heterocycles. The minimum Gasteiger partial charge on any atom is -0.343 e. The van der Waals surface area contributed by atoms with Crippen molar-refractivity contribution in [3.05, 3.63) is 108 Å². The van der Waals surface area contributed by atoms with Crippen LogP contribution in [0.3, 0.4) is 0 Å². The molecule has 3 nitrogen and oxygen atoms in total. The monoisotopic (exact) mass is 507 g/mol. The van der Waals surface area contributed by atoms with Crippen LogP contribution in [0.15, 0.2) is 91.0 Å². The third-order valence-electron chi connectivity index (χ3n) is 8.83. The topological polar surface area (TPSA) is 14.8 Å². The normalized spacial score (nSPS) is 11.8. The molecule has 0 aliphatic carbocycles. The fourth-order valence-electron chi connectivity index (χ4n) is 7.02. The summed E-state index contributed by atoms with van der Waals surface area (Å²) in [7, 11) is 6.59. The number of rotatable bonds is 3. The molecule has 7 rings (SSSR count). The van der Waals surface area contributed by atoms with Crippen molar-refractivity contribution >= 4 is 32.7 Å². The van der Waals surface area contributed by atoms with E-state index in [9.17, 15) is 0 Å². The molecule has 0 aliphatic rings. The zero-order chi connectivity index (χ0) is 27.0. The summed E-state index contributed by atoms with van der Waals surface area (Å²) in [6, 6.07) is 33.4. The molecule has 192 valence electrons. The number of para-hydroxylation sites is 3. The maximum Gasteiger partial charge on any atom is 0.0518 e. The highest BCUT2D eigenvalue weighted by Crippen LogP contribution is 2.41. The van der Waals surface area contributed by atoms with Crippen LogP contribution >= 0.6 is 0 Å². The van der Waals surface area contributed by atoms with E-state index in [1.54, 1.807) is 0 Å². The molecule has 0 N–H and O–H groups in total. The van der Waals surface area contributed by atoms with Gasteiger partial charge in [-0.25, -0.2) is 0 Å². The van der Waals surface area contributed by atoms with Gasteiger partial charge in [-0.2, -0.15) is 0 Å². The second-order valence-electron chi connectivity index (χ2n) is 10.9. The largest absolute Gasteiger partial charge is 0.343 e. The van der Waals surface area contributed by atoms with E-state index in [0.29, 0.717) is 0 Å². The fraction of sp³-hybridized carbons (Fsp3) is 0.167. The first-order chi connectivity index (χ1) is 18.9. The van der Waals surface area contributed by atoms with Gasteiger partial charge in [-0.3, -0.25) is 0 Å². The van der Waals surface area contributed by atoms with Gasteiger partial charge in [0.2, 0.25) is 0 Å². The number of aromatic nitrogens is 3. The molecule has 0 fully saturated rings. The third kappa shape index (κ3) is 3.29. The van der Waals surface area contributed by atoms with Gasteiger partial charge in [0.1, 0.15) is 0 Å². The van der Waals surface area contributed by atoms with Gasteiger partial charge in [0.25, 0.3) is 0 Å². The van der Waals surface area contributed by atoms with Gasteiger partial charge >= 0.3 is 0 Å². The SMILES string of the molecule is Cc1c(-c2cc(-c3c(C)c4ccccc4n3C)cc(-c3c(C)c4ccccc4n3C)c2)n(C)c2ccccc12. The predicted molar refractivity (Wildman–Crippen MR) is 166 cm³/mol. The van der Waals surface area contributed by atoms with Crippen LogP contribution in [0.5, 0.6) is 0 Å². The minimum atomic E-state index is 1.24. The molecule has 3 aromatic heterocycles. The van der Waals surface area contributed by atoms with Crippen molar-refractivity contribution in [1.82, 2.24) is 13.7 Å². The smallest absolute Gasteiger partial charge is 0.0518 e. The molecule has 0 saturated carbocycles. The van der Waals surface area contributed by atoms with Gasteiger partial charge in [0.05, 0.1) is 17.1 Å². The standard InChI is InChI=1S/C36H33N3/c1-22-28-13-7-10-16-31(28)37(4)34(22)25-19-26(35-23(2)29-14-8-11-17-32(29)38(35)5)21-27(20-25)36-24(3)30-15-9-12-18-33(30)39(36)6/h7-21H,1-6H3. The lowest BCUT2D eigenvalue weighted by molar-refractivity contribution is 0.964. The summed E-state index contributed by atoms with van der Waals surface area (Å²) in [6.07, 6.45) is 0. The Kier molecular flexibility index (Phi) is 5.15. The van der Waals surface area contributed by atoms with Crippen LogP contribution in [0.25, 0.3) is 66.5 Å². The highest BCUT2D eigenvalue weighted by molar-refractivity contribution is 5.97. The Hall–Kier alpha value is -4.50. The number of aryl methyl sites for hydroxylation is 6. The summed E-state index contributed by atoms with van der Waals surface area (Å²) in [5.41, 5.74) is 15.3. The molecule has 3 heteroatoms. The van der Waals surface area contributed by atoms with Crippen LogP contribution in [0.1, 0.15) is 16.7 Å². The van der Waals surface area contributed by atoms with E-state index < -0.39 is 0 Å². The van der Waals surface area contributed by atoms with Gasteiger partial charge in [0, 0.05) is 53.9 Å². The van der Waals surface area contributed by atoms with Crippen molar-refractivity contribution in [3.63, 3.8) is 0 Å². The maximum absolute atomic E-state index is 2.39. The zero-order valence-electron chi connectivity index (χ0n) is 23.5. The van der Waals surface area contributed by atoms with Crippen molar-refractivity contribution in [2.45, 2.75) is 20.8 Å². The van der Waals surface area contributed by atoms with E-state index in [-0.39, 0.29) is 0 Å². The average molecular weight is 508 g/mol. The van der Waals surface area contributed by atoms with Gasteiger partial charge in [-0.05, 0) is 90.6 Å². The van der Waals surface area contributed by atoms with E-state index in [2.05, 4.69) is 147 Å². The minimum absolute atomic E-state index is 1.24. The molecule has 0 spiro atoms. The fourth-order valence-corrected chi connectivity index (χ4v) is 7.02. The van der Waals surface area contributed by atoms with E-state index in [4.69, 9.17) is 0 Å². The zero-order valence-corrected chi connectivity index (χ0v) is 23.5. The van der Waals surface area contributed by atoms with Crippen molar-refractivity contribution in [3.8, 4) is 33.8 Å². The van der Waals surface area contributed by atoms with Crippen LogP contribution in [-0.4, -0.2) is 13.7 Å². The van der Waals surface area contributed by atoms with Crippen LogP contribution in [-0.2, 0) is 21.1 Å². The molecular formula is C36H33N3. The Labute approximate surface area is 229 Å². The molecule has 0 aliphatic heterocycles. The van der Waals surface area contributed by atoms with Crippen molar-refractivity contribution in [2.24, 2.45) is 21.1 Å². The van der Waals surface area contributed by atoms with Crippen molar-refractivity contribution < 1.29 is 0 Å². The van der Waals surface area contributed by atoms with E-state index in [1.165, 1.54) is 83.2 Å². The second kappa shape index (κ2) is 8.51. The molecule has 0 unspecified atom stereocenters. The lowest BCUT2D eigenvalue weighted by Crippen LogP contribution is -1.99. The number of hydrogen-bond donors (Lipinski definition) is 0. The maximum atomic E-state index is 2.39. The van der Waals surface area contributed by atoms with E-state index in [1.807, 2.05) is 0 Å². The van der Waals surface area contributed by atoms with Gasteiger partial charge in [-0.1, -0.05) is 54.6 Å². The van der Waals surface area contributed by atoms with Crippen molar-refractivity contribution in [1.29, 1.82) is 0 Å². The average Bonchev–Trinajstić information content (AvgIpc) is 3.48. The number of nitrogens with zero attached hydrogens (tertiary/aromatic N) is 3. The number of fused-ring (bicyclic) bond motifs is 3. The Morgan fingerprint density at radius 3 is 0.897 bits per heavy atom. The Balaban J connectivity index is 1.59. The highest BCUT2D eigenvalue weighted by atomic mass is 15.0. The summed E-state index contributed by atoms with van der Waals surface area (Å²) in [4.78, 5) is 0. The van der Waals surface area contributed by atoms with Crippen LogP contribution < -0.4 is 0 Å². The quantitative estimate of drug-likeness (QED) is 0.227. The lowest BCUT2D eigenvalue weighted by atomic mass is 9.95.